The molecule has 0 fully saturated rings. The van der Waals surface area contributed by atoms with Gasteiger partial charge in [-0.05, 0) is 0 Å². The van der Waals surface area contributed by atoms with E-state index >= 15 is 0 Å². The molecule has 0 aliphatic heterocycles. The van der Waals surface area contributed by atoms with Gasteiger partial charge in [-0.2, -0.15) is 0 Å². The number of hydrogen-bond donors (Lipinski definition) is 2. The molecule has 5 heteroatoms. The molecule has 0 aromatic carbocycles. The summed E-state index contributed by atoms with van der Waals surface area (Å²) in [5.41, 5.74) is 0. The minimum Gasteiger partial charge on any atom is -0.481 e. The lowest BCUT2D eigenvalue weighted by atomic mass is 10.5. The second kappa shape index (κ2) is 8.23. The molecular formula is C5H9ClO4. The van der Waals surface area contributed by atoms with E-state index < -0.39 is 11.9 Å². The van der Waals surface area contributed by atoms with Crippen molar-refractivity contribution < 1.29 is 19.8 Å². The fraction of sp³-hybridized carbons (Fsp3) is 0.600. The maximum absolute atomic E-state index is 9.37. The quantitative estimate of drug-likeness (QED) is 0.598. The first-order valence-electron chi connectivity index (χ1n) is 2.54. The van der Waals surface area contributed by atoms with Crippen LogP contribution in [0.15, 0.2) is 0 Å². The third-order valence-electron chi connectivity index (χ3n) is 0.417. The van der Waals surface area contributed by atoms with Crippen molar-refractivity contribution in [3.05, 3.63) is 0 Å². The van der Waals surface area contributed by atoms with Crippen LogP contribution < -0.4 is 0 Å². The first-order chi connectivity index (χ1) is 4.54. The Labute approximate surface area is 63.4 Å². The first kappa shape index (κ1) is 12.0. The fourth-order valence-corrected chi connectivity index (χ4v) is 0. The van der Waals surface area contributed by atoms with Gasteiger partial charge in [-0.15, -0.1) is 11.6 Å². The van der Waals surface area contributed by atoms with E-state index in [0.717, 1.165) is 0 Å². The zero-order chi connectivity index (χ0) is 8.57. The van der Waals surface area contributed by atoms with Crippen LogP contribution >= 0.6 is 11.6 Å². The highest BCUT2D eigenvalue weighted by molar-refractivity contribution is 6.26. The van der Waals surface area contributed by atoms with Gasteiger partial charge in [0.1, 0.15) is 5.88 Å². The van der Waals surface area contributed by atoms with E-state index in [0.29, 0.717) is 0 Å². The number of alkyl halides is 1. The Hall–Kier alpha value is -0.770. The molecule has 60 valence electrons. The van der Waals surface area contributed by atoms with E-state index in [-0.39, 0.29) is 12.3 Å². The smallest absolute Gasteiger partial charge is 0.318 e. The molecule has 0 saturated carbocycles. The molecule has 0 rings (SSSR count). The third kappa shape index (κ3) is 26.9. The number of carboxylic acids is 2. The monoisotopic (exact) mass is 168 g/mol. The van der Waals surface area contributed by atoms with Gasteiger partial charge in [-0.25, -0.2) is 0 Å². The van der Waals surface area contributed by atoms with Crippen LogP contribution in [-0.2, 0) is 9.59 Å². The highest BCUT2D eigenvalue weighted by atomic mass is 35.5. The predicted molar refractivity (Wildman–Crippen MR) is 36.3 cm³/mol. The maximum Gasteiger partial charge on any atom is 0.318 e. The number of rotatable bonds is 2. The van der Waals surface area contributed by atoms with Crippen molar-refractivity contribution in [1.29, 1.82) is 0 Å². The molecule has 0 spiro atoms. The van der Waals surface area contributed by atoms with Crippen molar-refractivity contribution in [3.8, 4) is 0 Å². The summed E-state index contributed by atoms with van der Waals surface area (Å²) < 4.78 is 0. The minimum atomic E-state index is -0.980. The number of hydrogen-bond acceptors (Lipinski definition) is 2. The van der Waals surface area contributed by atoms with E-state index in [9.17, 15) is 9.59 Å². The summed E-state index contributed by atoms with van der Waals surface area (Å²) in [6.45, 7) is 1.60. The van der Waals surface area contributed by atoms with Crippen LogP contribution in [-0.4, -0.2) is 28.0 Å². The van der Waals surface area contributed by atoms with Crippen molar-refractivity contribution in [2.45, 2.75) is 13.3 Å². The maximum atomic E-state index is 9.37. The predicted octanol–water partition coefficient (Wildman–Crippen LogP) is 0.791. The lowest BCUT2D eigenvalue weighted by Gasteiger charge is -1.71. The van der Waals surface area contributed by atoms with Crippen LogP contribution in [0, 0.1) is 0 Å². The largest absolute Gasteiger partial charge is 0.481 e. The van der Waals surface area contributed by atoms with Crippen LogP contribution in [0.5, 0.6) is 0 Å². The summed E-state index contributed by atoms with van der Waals surface area (Å²) >= 11 is 4.74. The highest BCUT2D eigenvalue weighted by Gasteiger charge is 1.83. The Morgan fingerprint density at radius 2 is 1.50 bits per heavy atom. The zero-order valence-corrected chi connectivity index (χ0v) is 6.26. The average molecular weight is 169 g/mol. The Bertz CT molecular complexity index is 98.2. The lowest BCUT2D eigenvalue weighted by molar-refractivity contribution is -0.136. The van der Waals surface area contributed by atoms with Crippen molar-refractivity contribution >= 4 is 23.5 Å². The number of halogens is 1. The molecule has 0 unspecified atom stereocenters. The SMILES string of the molecule is CCC(=O)O.O=C(O)CCl. The Morgan fingerprint density at radius 1 is 1.30 bits per heavy atom. The number of carbonyl (C=O) groups is 2. The topological polar surface area (TPSA) is 74.6 Å². The van der Waals surface area contributed by atoms with Crippen molar-refractivity contribution in [3.63, 3.8) is 0 Å². The van der Waals surface area contributed by atoms with Crippen LogP contribution in [0.4, 0.5) is 0 Å². The molecule has 2 N–H and O–H groups in total. The average Bonchev–Trinajstić information content (AvgIpc) is 1.89. The van der Waals surface area contributed by atoms with Gasteiger partial charge in [-0.3, -0.25) is 9.59 Å². The van der Waals surface area contributed by atoms with Crippen molar-refractivity contribution in [2.24, 2.45) is 0 Å². The summed E-state index contributed by atoms with van der Waals surface area (Å²) in [6, 6.07) is 0. The Kier molecular flexibility index (Phi) is 9.84. The molecule has 0 amide bonds. The van der Waals surface area contributed by atoms with Crippen molar-refractivity contribution in [2.75, 3.05) is 5.88 Å². The summed E-state index contributed by atoms with van der Waals surface area (Å²) in [5, 5.41) is 15.3. The van der Waals surface area contributed by atoms with E-state index in [1.165, 1.54) is 0 Å². The molecular weight excluding hydrogens is 160 g/mol. The normalized spacial score (nSPS) is 7.40. The number of aliphatic carboxylic acids is 2. The second-order valence-corrected chi connectivity index (χ2v) is 1.54. The molecule has 0 radical (unpaired) electrons. The second-order valence-electron chi connectivity index (χ2n) is 1.27. The van der Waals surface area contributed by atoms with Gasteiger partial charge in [0, 0.05) is 6.42 Å². The first-order valence-corrected chi connectivity index (χ1v) is 3.07. The molecule has 0 saturated heterocycles. The van der Waals surface area contributed by atoms with Crippen LogP contribution in [0.1, 0.15) is 13.3 Å². The minimum absolute atomic E-state index is 0.222. The molecule has 0 heterocycles. The summed E-state index contributed by atoms with van der Waals surface area (Å²) in [4.78, 5) is 18.6. The summed E-state index contributed by atoms with van der Waals surface area (Å²) in [7, 11) is 0. The van der Waals surface area contributed by atoms with Gasteiger partial charge >= 0.3 is 11.9 Å². The van der Waals surface area contributed by atoms with Gasteiger partial charge in [0.05, 0.1) is 0 Å². The molecule has 0 atom stereocenters. The van der Waals surface area contributed by atoms with Gasteiger partial charge in [-0.1, -0.05) is 6.92 Å². The summed E-state index contributed by atoms with van der Waals surface area (Å²) in [5.74, 6) is -2.03. The molecule has 0 aromatic heterocycles. The standard InChI is InChI=1S/C3H6O2.C2H3ClO2/c1-2-3(4)5;3-1-2(4)5/h2H2,1H3,(H,4,5);1H2,(H,4,5). The van der Waals surface area contributed by atoms with E-state index in [1.807, 2.05) is 0 Å². The third-order valence-corrected chi connectivity index (χ3v) is 0.645. The lowest BCUT2D eigenvalue weighted by Crippen LogP contribution is -1.92. The van der Waals surface area contributed by atoms with Crippen molar-refractivity contribution in [1.82, 2.24) is 0 Å². The Balaban J connectivity index is 0. The van der Waals surface area contributed by atoms with Crippen LogP contribution in [0.3, 0.4) is 0 Å². The van der Waals surface area contributed by atoms with Crippen LogP contribution in [0.25, 0.3) is 0 Å². The van der Waals surface area contributed by atoms with Gasteiger partial charge < -0.3 is 10.2 Å². The Morgan fingerprint density at radius 3 is 1.50 bits per heavy atom. The highest BCUT2D eigenvalue weighted by Crippen LogP contribution is 1.68. The van der Waals surface area contributed by atoms with E-state index in [1.54, 1.807) is 6.92 Å². The van der Waals surface area contributed by atoms with Gasteiger partial charge in [0.2, 0.25) is 0 Å². The van der Waals surface area contributed by atoms with E-state index in [4.69, 9.17) is 21.8 Å². The molecule has 0 aromatic rings. The van der Waals surface area contributed by atoms with Gasteiger partial charge in [0.15, 0.2) is 0 Å². The number of carboxylic acid groups (broad SMARTS) is 2. The van der Waals surface area contributed by atoms with Gasteiger partial charge in [0.25, 0.3) is 0 Å². The molecule has 4 nitrogen and oxygen atoms in total. The molecule has 0 aliphatic rings. The zero-order valence-electron chi connectivity index (χ0n) is 5.50. The summed E-state index contributed by atoms with van der Waals surface area (Å²) in [6.07, 6.45) is 0.222. The van der Waals surface area contributed by atoms with E-state index in [2.05, 4.69) is 0 Å². The van der Waals surface area contributed by atoms with Crippen LogP contribution in [0.2, 0.25) is 0 Å². The fourth-order valence-electron chi connectivity index (χ4n) is 0. The molecule has 10 heavy (non-hydrogen) atoms. The molecule has 0 bridgehead atoms. The molecule has 0 aliphatic carbocycles.